The van der Waals surface area contributed by atoms with E-state index in [4.69, 9.17) is 10.2 Å². The molecule has 1 atom stereocenters. The Hall–Kier alpha value is -1.49. The number of nitrogens with two attached hydrogens (primary N) is 1. The van der Waals surface area contributed by atoms with Crippen molar-refractivity contribution in [3.8, 4) is 0 Å². The number of sulfonamides is 2. The van der Waals surface area contributed by atoms with Crippen LogP contribution >= 0.6 is 0 Å². The van der Waals surface area contributed by atoms with E-state index in [0.717, 1.165) is 25.1 Å². The number of carboxylic acids is 1. The molecule has 8 nitrogen and oxygen atoms in total. The number of carboxylic acid groups (broad SMARTS) is 1. The minimum Gasteiger partial charge on any atom is -0.480 e. The van der Waals surface area contributed by atoms with E-state index in [1.807, 2.05) is 4.72 Å². The lowest BCUT2D eigenvalue weighted by atomic mass is 10.4. The summed E-state index contributed by atoms with van der Waals surface area (Å²) in [4.78, 5) is 9.83. The molecule has 1 rings (SSSR count). The van der Waals surface area contributed by atoms with Crippen molar-refractivity contribution >= 4 is 26.0 Å². The lowest BCUT2D eigenvalue weighted by Crippen LogP contribution is -2.38. The third-order valence-corrected chi connectivity index (χ3v) is 4.60. The van der Waals surface area contributed by atoms with Gasteiger partial charge < -0.3 is 5.11 Å². The summed E-state index contributed by atoms with van der Waals surface area (Å²) >= 11 is 0. The maximum Gasteiger partial charge on any atom is 0.321 e. The second-order valence-electron chi connectivity index (χ2n) is 3.70. The molecule has 19 heavy (non-hydrogen) atoms. The lowest BCUT2D eigenvalue weighted by Gasteiger charge is -2.10. The number of aliphatic carboxylic acids is 1. The zero-order valence-electron chi connectivity index (χ0n) is 9.77. The predicted octanol–water partition coefficient (Wildman–Crippen LogP) is -0.915. The minimum atomic E-state index is -4.14. The normalized spacial score (nSPS) is 14.0. The SMILES string of the molecule is C[C@@H](NS(=O)(=O)c1cccc(S(N)(=O)=O)c1)C(=O)O. The maximum atomic E-state index is 11.8. The van der Waals surface area contributed by atoms with Gasteiger partial charge in [-0.1, -0.05) is 6.07 Å². The molecule has 0 spiro atoms. The van der Waals surface area contributed by atoms with Crippen molar-refractivity contribution in [3.05, 3.63) is 24.3 Å². The van der Waals surface area contributed by atoms with E-state index in [0.29, 0.717) is 0 Å². The fourth-order valence-electron chi connectivity index (χ4n) is 1.17. The van der Waals surface area contributed by atoms with Gasteiger partial charge in [-0.05, 0) is 25.1 Å². The summed E-state index contributed by atoms with van der Waals surface area (Å²) < 4.78 is 47.7. The van der Waals surface area contributed by atoms with Crippen LogP contribution in [0.2, 0.25) is 0 Å². The molecule has 106 valence electrons. The molecule has 4 N–H and O–H groups in total. The molecule has 0 saturated heterocycles. The van der Waals surface area contributed by atoms with E-state index >= 15 is 0 Å². The summed E-state index contributed by atoms with van der Waals surface area (Å²) in [6.45, 7) is 1.14. The number of carbonyl (C=O) groups is 1. The van der Waals surface area contributed by atoms with Crippen LogP contribution in [0.4, 0.5) is 0 Å². The summed E-state index contributed by atoms with van der Waals surface area (Å²) in [6.07, 6.45) is 0. The van der Waals surface area contributed by atoms with Crippen LogP contribution in [0.1, 0.15) is 6.92 Å². The van der Waals surface area contributed by atoms with Crippen molar-refractivity contribution in [3.63, 3.8) is 0 Å². The monoisotopic (exact) mass is 308 g/mol. The molecular weight excluding hydrogens is 296 g/mol. The number of rotatable bonds is 5. The molecule has 1 aromatic rings. The summed E-state index contributed by atoms with van der Waals surface area (Å²) in [5, 5.41) is 13.5. The molecule has 0 aromatic heterocycles. The lowest BCUT2D eigenvalue weighted by molar-refractivity contribution is -0.138. The molecule has 0 amide bonds. The molecule has 0 aliphatic heterocycles. The zero-order valence-corrected chi connectivity index (χ0v) is 11.4. The molecule has 0 bridgehead atoms. The Kier molecular flexibility index (Phi) is 4.30. The largest absolute Gasteiger partial charge is 0.480 e. The van der Waals surface area contributed by atoms with Crippen LogP contribution in [0.15, 0.2) is 34.1 Å². The van der Waals surface area contributed by atoms with Gasteiger partial charge in [0.25, 0.3) is 0 Å². The average Bonchev–Trinajstić information content (AvgIpc) is 2.27. The van der Waals surface area contributed by atoms with Crippen molar-refractivity contribution in [1.29, 1.82) is 0 Å². The van der Waals surface area contributed by atoms with E-state index in [-0.39, 0.29) is 9.79 Å². The van der Waals surface area contributed by atoms with Crippen LogP contribution in [0.25, 0.3) is 0 Å². The van der Waals surface area contributed by atoms with E-state index in [1.165, 1.54) is 6.07 Å². The molecule has 1 aromatic carbocycles. The first-order valence-corrected chi connectivity index (χ1v) is 7.95. The van der Waals surface area contributed by atoms with Crippen LogP contribution in [-0.4, -0.2) is 34.0 Å². The Morgan fingerprint density at radius 2 is 1.79 bits per heavy atom. The number of hydrogen-bond acceptors (Lipinski definition) is 5. The van der Waals surface area contributed by atoms with Gasteiger partial charge >= 0.3 is 5.97 Å². The molecule has 0 unspecified atom stereocenters. The standard InChI is InChI=1S/C9H12N2O6S2/c1-6(9(12)13)11-19(16,17)8-4-2-3-7(5-8)18(10,14)15/h2-6,11H,1H3,(H,12,13)(H2,10,14,15)/t6-/m1/s1. The topological polar surface area (TPSA) is 144 Å². The number of benzene rings is 1. The van der Waals surface area contributed by atoms with E-state index in [2.05, 4.69) is 0 Å². The van der Waals surface area contributed by atoms with Gasteiger partial charge in [0.05, 0.1) is 9.79 Å². The molecule has 0 saturated carbocycles. The summed E-state index contributed by atoms with van der Waals surface area (Å²) in [6, 6.07) is 2.97. The predicted molar refractivity (Wildman–Crippen MR) is 65.2 cm³/mol. The summed E-state index contributed by atoms with van der Waals surface area (Å²) in [5.41, 5.74) is 0. The second kappa shape index (κ2) is 5.25. The van der Waals surface area contributed by atoms with Crippen molar-refractivity contribution in [1.82, 2.24) is 4.72 Å². The van der Waals surface area contributed by atoms with Crippen molar-refractivity contribution in [2.75, 3.05) is 0 Å². The van der Waals surface area contributed by atoms with E-state index in [1.54, 1.807) is 0 Å². The fraction of sp³-hybridized carbons (Fsp3) is 0.222. The first-order valence-electron chi connectivity index (χ1n) is 4.92. The van der Waals surface area contributed by atoms with E-state index in [9.17, 15) is 21.6 Å². The fourth-order valence-corrected chi connectivity index (χ4v) is 3.05. The molecule has 0 heterocycles. The Balaban J connectivity index is 3.20. The Morgan fingerprint density at radius 3 is 2.26 bits per heavy atom. The van der Waals surface area contributed by atoms with Crippen LogP contribution in [0.3, 0.4) is 0 Å². The Morgan fingerprint density at radius 1 is 1.26 bits per heavy atom. The van der Waals surface area contributed by atoms with Gasteiger partial charge in [-0.15, -0.1) is 0 Å². The zero-order chi connectivity index (χ0) is 14.8. The highest BCUT2D eigenvalue weighted by Crippen LogP contribution is 2.14. The third-order valence-electron chi connectivity index (χ3n) is 2.15. The van der Waals surface area contributed by atoms with Gasteiger partial charge in [-0.3, -0.25) is 4.79 Å². The highest BCUT2D eigenvalue weighted by atomic mass is 32.2. The maximum absolute atomic E-state index is 11.8. The van der Waals surface area contributed by atoms with Gasteiger partial charge in [0.2, 0.25) is 20.0 Å². The number of nitrogens with one attached hydrogen (secondary N) is 1. The van der Waals surface area contributed by atoms with Gasteiger partial charge in [0.1, 0.15) is 6.04 Å². The van der Waals surface area contributed by atoms with Crippen molar-refractivity contribution in [2.24, 2.45) is 5.14 Å². The number of hydrogen-bond donors (Lipinski definition) is 3. The van der Waals surface area contributed by atoms with Crippen molar-refractivity contribution < 1.29 is 26.7 Å². The highest BCUT2D eigenvalue weighted by Gasteiger charge is 2.22. The van der Waals surface area contributed by atoms with Gasteiger partial charge in [-0.2, -0.15) is 4.72 Å². The molecule has 0 fully saturated rings. The third kappa shape index (κ3) is 3.99. The summed E-state index contributed by atoms with van der Waals surface area (Å²) in [5.74, 6) is -1.36. The van der Waals surface area contributed by atoms with E-state index < -0.39 is 32.1 Å². The molecule has 0 aliphatic rings. The number of primary sulfonamides is 1. The molecule has 10 heteroatoms. The van der Waals surface area contributed by atoms with Crippen LogP contribution in [0.5, 0.6) is 0 Å². The summed E-state index contributed by atoms with van der Waals surface area (Å²) in [7, 11) is -8.18. The quantitative estimate of drug-likeness (QED) is 0.642. The van der Waals surface area contributed by atoms with Gasteiger partial charge in [0.15, 0.2) is 0 Å². The van der Waals surface area contributed by atoms with Gasteiger partial charge in [-0.25, -0.2) is 22.0 Å². The van der Waals surface area contributed by atoms with Crippen molar-refractivity contribution in [2.45, 2.75) is 22.8 Å². The van der Waals surface area contributed by atoms with Gasteiger partial charge in [0, 0.05) is 0 Å². The second-order valence-corrected chi connectivity index (χ2v) is 6.98. The average molecular weight is 308 g/mol. The highest BCUT2D eigenvalue weighted by molar-refractivity contribution is 7.90. The molecule has 0 radical (unpaired) electrons. The van der Waals surface area contributed by atoms with Crippen LogP contribution in [0, 0.1) is 0 Å². The van der Waals surface area contributed by atoms with Crippen LogP contribution in [-0.2, 0) is 24.8 Å². The van der Waals surface area contributed by atoms with Crippen LogP contribution < -0.4 is 9.86 Å². The minimum absolute atomic E-state index is 0.377. The Labute approximate surface area is 110 Å². The Bertz CT molecular complexity index is 695. The smallest absolute Gasteiger partial charge is 0.321 e. The molecule has 0 aliphatic carbocycles. The first kappa shape index (κ1) is 15.6. The first-order chi connectivity index (χ1) is 8.54. The molecular formula is C9H12N2O6S2.